The zero-order chi connectivity index (χ0) is 19.0. The van der Waals surface area contributed by atoms with E-state index in [0.29, 0.717) is 0 Å². The Hall–Kier alpha value is -2.33. The molecular weight excluding hydrogens is 364 g/mol. The van der Waals surface area contributed by atoms with E-state index < -0.39 is 0 Å². The molecule has 1 heterocycles. The maximum absolute atomic E-state index is 5.08. The van der Waals surface area contributed by atoms with Crippen molar-refractivity contribution >= 4 is 40.5 Å². The lowest BCUT2D eigenvalue weighted by atomic mass is 9.97. The number of aliphatic imine (C=N–C) groups is 1. The fourth-order valence-electron chi connectivity index (χ4n) is 3.45. The standard InChI is InChI=1S/C24H21NP2/c1-15(26)19-13-21-22(14-20(19)16(2)27)24(18-11-7-4-8-12-18)25-23(21)17-9-5-3-6-10-17/h3-14H,1,26-27H2,2H3/b20-16+. The van der Waals surface area contributed by atoms with Crippen molar-refractivity contribution in [3.63, 3.8) is 0 Å². The van der Waals surface area contributed by atoms with Crippen LogP contribution in [0.15, 0.2) is 84.4 Å². The van der Waals surface area contributed by atoms with Gasteiger partial charge >= 0.3 is 0 Å². The summed E-state index contributed by atoms with van der Waals surface area (Å²) in [6.07, 6.45) is 0. The fourth-order valence-corrected chi connectivity index (χ4v) is 3.93. The molecule has 1 aliphatic rings. The van der Waals surface area contributed by atoms with Crippen LogP contribution in [-0.2, 0) is 0 Å². The Morgan fingerprint density at radius 2 is 1.44 bits per heavy atom. The Balaban J connectivity index is 2.10. The highest BCUT2D eigenvalue weighted by Gasteiger charge is 2.20. The Morgan fingerprint density at radius 1 is 0.852 bits per heavy atom. The first-order valence-corrected chi connectivity index (χ1v) is 10.0. The molecule has 0 aromatic heterocycles. The predicted octanol–water partition coefficient (Wildman–Crippen LogP) is 4.54. The summed E-state index contributed by atoms with van der Waals surface area (Å²) in [5.41, 5.74) is 6.62. The minimum Gasteiger partial charge on any atom is -0.246 e. The molecule has 0 amide bonds. The molecule has 0 radical (unpaired) electrons. The van der Waals surface area contributed by atoms with Gasteiger partial charge in [0.2, 0.25) is 0 Å². The van der Waals surface area contributed by atoms with Gasteiger partial charge in [0.05, 0.1) is 11.4 Å². The molecule has 0 bridgehead atoms. The average Bonchev–Trinajstić information content (AvgIpc) is 3.07. The summed E-state index contributed by atoms with van der Waals surface area (Å²) >= 11 is 0. The highest BCUT2D eigenvalue weighted by atomic mass is 31.0. The van der Waals surface area contributed by atoms with Gasteiger partial charge in [-0.3, -0.25) is 0 Å². The van der Waals surface area contributed by atoms with Gasteiger partial charge in [-0.25, -0.2) is 4.99 Å². The zero-order valence-electron chi connectivity index (χ0n) is 15.2. The lowest BCUT2D eigenvalue weighted by molar-refractivity contribution is 1.44. The van der Waals surface area contributed by atoms with Crippen molar-refractivity contribution < 1.29 is 0 Å². The minimum atomic E-state index is 0.982. The van der Waals surface area contributed by atoms with Crippen LogP contribution < -0.4 is 10.4 Å². The van der Waals surface area contributed by atoms with E-state index in [1.807, 2.05) is 12.1 Å². The molecule has 3 aromatic rings. The van der Waals surface area contributed by atoms with Crippen molar-refractivity contribution in [1.29, 1.82) is 0 Å². The molecular formula is C24H21NP2. The fraction of sp³-hybridized carbons (Fsp3) is 0.0417. The van der Waals surface area contributed by atoms with Gasteiger partial charge in [0.25, 0.3) is 0 Å². The van der Waals surface area contributed by atoms with Crippen LogP contribution >= 0.6 is 18.5 Å². The maximum atomic E-state index is 5.08. The van der Waals surface area contributed by atoms with Crippen LogP contribution in [0.2, 0.25) is 0 Å². The van der Waals surface area contributed by atoms with Crippen LogP contribution in [0.4, 0.5) is 0 Å². The van der Waals surface area contributed by atoms with Crippen molar-refractivity contribution in [2.75, 3.05) is 0 Å². The third-order valence-corrected chi connectivity index (χ3v) is 5.38. The first kappa shape index (κ1) is 18.1. The number of fused-ring (bicyclic) bond motifs is 1. The Morgan fingerprint density at radius 3 is 2.00 bits per heavy atom. The van der Waals surface area contributed by atoms with Gasteiger partial charge in [-0.2, -0.15) is 0 Å². The lowest BCUT2D eigenvalue weighted by Gasteiger charge is -2.08. The molecule has 4 rings (SSSR count). The van der Waals surface area contributed by atoms with Crippen molar-refractivity contribution in [2.45, 2.75) is 6.92 Å². The van der Waals surface area contributed by atoms with Gasteiger partial charge in [-0.05, 0) is 40.5 Å². The topological polar surface area (TPSA) is 12.4 Å². The summed E-state index contributed by atoms with van der Waals surface area (Å²) in [5.74, 6) is 0. The predicted molar refractivity (Wildman–Crippen MR) is 124 cm³/mol. The van der Waals surface area contributed by atoms with Gasteiger partial charge in [0, 0.05) is 21.9 Å². The molecule has 0 aliphatic carbocycles. The molecule has 0 saturated heterocycles. The van der Waals surface area contributed by atoms with E-state index in [9.17, 15) is 0 Å². The molecule has 0 spiro atoms. The summed E-state index contributed by atoms with van der Waals surface area (Å²) in [5, 5.41) is 4.53. The van der Waals surface area contributed by atoms with Gasteiger partial charge in [-0.1, -0.05) is 67.2 Å². The molecule has 3 heteroatoms. The van der Waals surface area contributed by atoms with Crippen LogP contribution in [0.5, 0.6) is 0 Å². The molecule has 0 saturated carbocycles. The van der Waals surface area contributed by atoms with Gasteiger partial charge in [0.1, 0.15) is 0 Å². The van der Waals surface area contributed by atoms with Crippen molar-refractivity contribution in [3.8, 4) is 0 Å². The monoisotopic (exact) mass is 385 g/mol. The van der Waals surface area contributed by atoms with Crippen LogP contribution in [0.25, 0.3) is 16.3 Å². The number of benzene rings is 3. The minimum absolute atomic E-state index is 0.982. The normalized spacial score (nSPS) is 13.9. The molecule has 1 aliphatic heterocycles. The third kappa shape index (κ3) is 3.34. The molecule has 2 atom stereocenters. The second-order valence-electron chi connectivity index (χ2n) is 6.69. The van der Waals surface area contributed by atoms with E-state index in [0.717, 1.165) is 38.6 Å². The molecule has 2 unspecified atom stereocenters. The highest BCUT2D eigenvalue weighted by molar-refractivity contribution is 7.31. The second-order valence-corrected chi connectivity index (χ2v) is 8.26. The van der Waals surface area contributed by atoms with Gasteiger partial charge in [0.15, 0.2) is 0 Å². The van der Waals surface area contributed by atoms with E-state index in [4.69, 9.17) is 4.99 Å². The van der Waals surface area contributed by atoms with Gasteiger partial charge in [-0.15, -0.1) is 18.5 Å². The maximum Gasteiger partial charge on any atom is 0.0789 e. The Kier molecular flexibility index (Phi) is 4.92. The van der Waals surface area contributed by atoms with Crippen LogP contribution in [-0.4, -0.2) is 5.71 Å². The summed E-state index contributed by atoms with van der Waals surface area (Å²) in [6, 6.07) is 25.3. The largest absolute Gasteiger partial charge is 0.246 e. The second kappa shape index (κ2) is 7.35. The number of nitrogens with zero attached hydrogens (tertiary/aromatic N) is 1. The number of hydrogen-bond acceptors (Lipinski definition) is 1. The van der Waals surface area contributed by atoms with Gasteiger partial charge < -0.3 is 0 Å². The molecule has 27 heavy (non-hydrogen) atoms. The quantitative estimate of drug-likeness (QED) is 0.587. The van der Waals surface area contributed by atoms with Crippen molar-refractivity contribution in [3.05, 3.63) is 112 Å². The highest BCUT2D eigenvalue weighted by Crippen LogP contribution is 2.24. The Bertz CT molecular complexity index is 1190. The van der Waals surface area contributed by atoms with Crippen LogP contribution in [0, 0.1) is 0 Å². The summed E-state index contributed by atoms with van der Waals surface area (Å²) in [6.45, 7) is 6.27. The van der Waals surface area contributed by atoms with Crippen LogP contribution in [0.3, 0.4) is 0 Å². The van der Waals surface area contributed by atoms with E-state index >= 15 is 0 Å². The zero-order valence-corrected chi connectivity index (χ0v) is 17.5. The van der Waals surface area contributed by atoms with E-state index in [2.05, 4.69) is 92.6 Å². The average molecular weight is 385 g/mol. The lowest BCUT2D eigenvalue weighted by Crippen LogP contribution is -2.22. The molecule has 0 fully saturated rings. The van der Waals surface area contributed by atoms with E-state index in [1.54, 1.807) is 0 Å². The molecule has 132 valence electrons. The van der Waals surface area contributed by atoms with Crippen molar-refractivity contribution in [1.82, 2.24) is 0 Å². The van der Waals surface area contributed by atoms with E-state index in [1.165, 1.54) is 16.1 Å². The van der Waals surface area contributed by atoms with Crippen molar-refractivity contribution in [2.24, 2.45) is 4.99 Å². The SMILES string of the molecule is C=C(P)c1cc2c(c/c1=C(/C)P)C(c1ccccc1)=NC=2c1ccccc1. The third-order valence-electron chi connectivity index (χ3n) is 4.76. The summed E-state index contributed by atoms with van der Waals surface area (Å²) in [7, 11) is 5.56. The van der Waals surface area contributed by atoms with Crippen LogP contribution in [0.1, 0.15) is 29.2 Å². The van der Waals surface area contributed by atoms with E-state index in [-0.39, 0.29) is 0 Å². The first-order valence-electron chi connectivity index (χ1n) is 8.85. The Labute approximate surface area is 164 Å². The molecule has 1 nitrogen and oxygen atoms in total. The first-order chi connectivity index (χ1) is 13.1. The molecule has 0 N–H and O–H groups in total. The smallest absolute Gasteiger partial charge is 0.0789 e. The summed E-state index contributed by atoms with van der Waals surface area (Å²) < 4.78 is 0. The summed E-state index contributed by atoms with van der Waals surface area (Å²) in [4.78, 5) is 5.08. The number of hydrogen-bond donors (Lipinski definition) is 0. The molecule has 3 aromatic carbocycles. The number of rotatable bonds is 3.